The van der Waals surface area contributed by atoms with Crippen LogP contribution in [0.2, 0.25) is 0 Å². The second-order valence-electron chi connectivity index (χ2n) is 5.88. The molecule has 0 saturated heterocycles. The SMILES string of the molecule is Cc1cc(/C=N/NC(=O)Cc2cccs2)c(C)n1CC(C)C. The number of rotatable bonds is 6. The summed E-state index contributed by atoms with van der Waals surface area (Å²) < 4.78 is 2.29. The summed E-state index contributed by atoms with van der Waals surface area (Å²) in [5, 5.41) is 6.05. The number of nitrogens with zero attached hydrogens (tertiary/aromatic N) is 2. The molecule has 0 atom stereocenters. The summed E-state index contributed by atoms with van der Waals surface area (Å²) in [5.74, 6) is 0.509. The number of thiophene rings is 1. The molecule has 0 aliphatic rings. The minimum Gasteiger partial charge on any atom is -0.348 e. The first-order chi connectivity index (χ1) is 10.5. The van der Waals surface area contributed by atoms with E-state index in [1.54, 1.807) is 17.6 Å². The number of aryl methyl sites for hydroxylation is 1. The van der Waals surface area contributed by atoms with E-state index in [0.717, 1.165) is 17.0 Å². The zero-order chi connectivity index (χ0) is 16.1. The Balaban J connectivity index is 1.97. The van der Waals surface area contributed by atoms with Gasteiger partial charge in [-0.15, -0.1) is 11.3 Å². The molecule has 5 heteroatoms. The van der Waals surface area contributed by atoms with E-state index in [2.05, 4.69) is 48.9 Å². The van der Waals surface area contributed by atoms with Crippen molar-refractivity contribution in [2.45, 2.75) is 40.7 Å². The molecule has 0 bridgehead atoms. The highest BCUT2D eigenvalue weighted by atomic mass is 32.1. The highest BCUT2D eigenvalue weighted by Gasteiger charge is 2.09. The smallest absolute Gasteiger partial charge is 0.245 e. The third-order valence-corrected chi connectivity index (χ3v) is 4.34. The first-order valence-corrected chi connectivity index (χ1v) is 8.36. The number of carbonyl (C=O) groups is 1. The van der Waals surface area contributed by atoms with Crippen molar-refractivity contribution >= 4 is 23.5 Å². The second kappa shape index (κ2) is 7.40. The zero-order valence-corrected chi connectivity index (χ0v) is 14.4. The number of carbonyl (C=O) groups excluding carboxylic acids is 1. The molecule has 0 radical (unpaired) electrons. The fraction of sp³-hybridized carbons (Fsp3) is 0.412. The van der Waals surface area contributed by atoms with Crippen molar-refractivity contribution in [2.24, 2.45) is 11.0 Å². The highest BCUT2D eigenvalue weighted by molar-refractivity contribution is 7.10. The van der Waals surface area contributed by atoms with Gasteiger partial charge in [0.25, 0.3) is 0 Å². The molecule has 2 heterocycles. The van der Waals surface area contributed by atoms with Crippen molar-refractivity contribution in [1.82, 2.24) is 9.99 Å². The number of hydrogen-bond donors (Lipinski definition) is 1. The Bertz CT molecular complexity index is 654. The Hall–Kier alpha value is -1.88. The summed E-state index contributed by atoms with van der Waals surface area (Å²) in [6.07, 6.45) is 2.10. The Morgan fingerprint density at radius 1 is 1.45 bits per heavy atom. The van der Waals surface area contributed by atoms with E-state index >= 15 is 0 Å². The van der Waals surface area contributed by atoms with Crippen LogP contribution < -0.4 is 5.43 Å². The number of hydrazone groups is 1. The number of amides is 1. The van der Waals surface area contributed by atoms with E-state index in [-0.39, 0.29) is 5.91 Å². The molecule has 0 unspecified atom stereocenters. The Morgan fingerprint density at radius 2 is 2.23 bits per heavy atom. The van der Waals surface area contributed by atoms with Gasteiger partial charge in [0.05, 0.1) is 12.6 Å². The average molecular weight is 317 g/mol. The lowest BCUT2D eigenvalue weighted by molar-refractivity contribution is -0.120. The van der Waals surface area contributed by atoms with Crippen LogP contribution in [0.15, 0.2) is 28.7 Å². The van der Waals surface area contributed by atoms with Crippen molar-refractivity contribution in [3.8, 4) is 0 Å². The summed E-state index contributed by atoms with van der Waals surface area (Å²) in [6.45, 7) is 9.59. The maximum Gasteiger partial charge on any atom is 0.245 e. The largest absolute Gasteiger partial charge is 0.348 e. The molecule has 118 valence electrons. The topological polar surface area (TPSA) is 46.4 Å². The Morgan fingerprint density at radius 3 is 2.86 bits per heavy atom. The van der Waals surface area contributed by atoms with Crippen LogP contribution in [0.4, 0.5) is 0 Å². The van der Waals surface area contributed by atoms with Crippen LogP contribution in [0.1, 0.15) is 35.7 Å². The van der Waals surface area contributed by atoms with Gasteiger partial charge in [-0.05, 0) is 37.3 Å². The van der Waals surface area contributed by atoms with Crippen LogP contribution >= 0.6 is 11.3 Å². The van der Waals surface area contributed by atoms with Gasteiger partial charge in [0, 0.05) is 28.4 Å². The molecule has 0 spiro atoms. The van der Waals surface area contributed by atoms with E-state index < -0.39 is 0 Å². The van der Waals surface area contributed by atoms with Gasteiger partial charge in [-0.3, -0.25) is 4.79 Å². The molecular formula is C17H23N3OS. The maximum absolute atomic E-state index is 11.8. The molecular weight excluding hydrogens is 294 g/mol. The molecule has 2 rings (SSSR count). The Labute approximate surface area is 135 Å². The van der Waals surface area contributed by atoms with Crippen LogP contribution in [0, 0.1) is 19.8 Å². The van der Waals surface area contributed by atoms with Gasteiger partial charge in [0.1, 0.15) is 0 Å². The quantitative estimate of drug-likeness (QED) is 0.643. The minimum atomic E-state index is -0.0883. The van der Waals surface area contributed by atoms with E-state index in [1.165, 1.54) is 11.4 Å². The van der Waals surface area contributed by atoms with Crippen molar-refractivity contribution in [3.05, 3.63) is 45.4 Å². The number of aromatic nitrogens is 1. The molecule has 4 nitrogen and oxygen atoms in total. The van der Waals surface area contributed by atoms with Crippen molar-refractivity contribution in [1.29, 1.82) is 0 Å². The first-order valence-electron chi connectivity index (χ1n) is 7.48. The lowest BCUT2D eigenvalue weighted by Crippen LogP contribution is -2.19. The van der Waals surface area contributed by atoms with Gasteiger partial charge in [-0.1, -0.05) is 19.9 Å². The van der Waals surface area contributed by atoms with Crippen molar-refractivity contribution in [3.63, 3.8) is 0 Å². The molecule has 0 saturated carbocycles. The zero-order valence-electron chi connectivity index (χ0n) is 13.6. The molecule has 2 aromatic heterocycles. The molecule has 0 fully saturated rings. The highest BCUT2D eigenvalue weighted by Crippen LogP contribution is 2.15. The van der Waals surface area contributed by atoms with E-state index in [0.29, 0.717) is 12.3 Å². The lowest BCUT2D eigenvalue weighted by atomic mass is 10.2. The third kappa shape index (κ3) is 4.31. The molecule has 0 aliphatic heterocycles. The maximum atomic E-state index is 11.8. The monoisotopic (exact) mass is 317 g/mol. The van der Waals surface area contributed by atoms with Crippen LogP contribution in [0.3, 0.4) is 0 Å². The van der Waals surface area contributed by atoms with Crippen molar-refractivity contribution in [2.75, 3.05) is 0 Å². The summed E-state index contributed by atoms with van der Waals surface area (Å²) >= 11 is 1.58. The van der Waals surface area contributed by atoms with Gasteiger partial charge in [-0.2, -0.15) is 5.10 Å². The third-order valence-electron chi connectivity index (χ3n) is 3.47. The lowest BCUT2D eigenvalue weighted by Gasteiger charge is -2.11. The van der Waals surface area contributed by atoms with Crippen LogP contribution in [-0.4, -0.2) is 16.7 Å². The fourth-order valence-electron chi connectivity index (χ4n) is 2.39. The van der Waals surface area contributed by atoms with E-state index in [9.17, 15) is 4.79 Å². The van der Waals surface area contributed by atoms with Gasteiger partial charge in [0.2, 0.25) is 5.91 Å². The average Bonchev–Trinajstić information content (AvgIpc) is 3.03. The van der Waals surface area contributed by atoms with Gasteiger partial charge in [-0.25, -0.2) is 5.43 Å². The fourth-order valence-corrected chi connectivity index (χ4v) is 3.09. The first kappa shape index (κ1) is 16.5. The van der Waals surface area contributed by atoms with Crippen LogP contribution in [0.5, 0.6) is 0 Å². The summed E-state index contributed by atoms with van der Waals surface area (Å²) in [4.78, 5) is 12.8. The minimum absolute atomic E-state index is 0.0883. The summed E-state index contributed by atoms with van der Waals surface area (Å²) in [5.41, 5.74) is 6.05. The summed E-state index contributed by atoms with van der Waals surface area (Å²) in [6, 6.07) is 6.00. The molecule has 2 aromatic rings. The molecule has 1 N–H and O–H groups in total. The van der Waals surface area contributed by atoms with Gasteiger partial charge < -0.3 is 4.57 Å². The predicted octanol–water partition coefficient (Wildman–Crippen LogP) is 3.52. The predicted molar refractivity (Wildman–Crippen MR) is 92.5 cm³/mol. The Kier molecular flexibility index (Phi) is 5.55. The van der Waals surface area contributed by atoms with Crippen LogP contribution in [-0.2, 0) is 17.8 Å². The number of nitrogens with one attached hydrogen (secondary N) is 1. The molecule has 0 aromatic carbocycles. The van der Waals surface area contributed by atoms with Gasteiger partial charge >= 0.3 is 0 Å². The van der Waals surface area contributed by atoms with E-state index in [1.807, 2.05) is 17.5 Å². The summed E-state index contributed by atoms with van der Waals surface area (Å²) in [7, 11) is 0. The van der Waals surface area contributed by atoms with E-state index in [4.69, 9.17) is 0 Å². The van der Waals surface area contributed by atoms with Crippen molar-refractivity contribution < 1.29 is 4.79 Å². The molecule has 1 amide bonds. The molecule has 22 heavy (non-hydrogen) atoms. The normalized spacial score (nSPS) is 11.5. The standard InChI is InChI=1S/C17H23N3OS/c1-12(2)11-20-13(3)8-15(14(20)4)10-18-19-17(21)9-16-6-5-7-22-16/h5-8,10,12H,9,11H2,1-4H3,(H,19,21)/b18-10+. The second-order valence-corrected chi connectivity index (χ2v) is 6.91. The molecule has 0 aliphatic carbocycles. The van der Waals surface area contributed by atoms with Crippen LogP contribution in [0.25, 0.3) is 0 Å². The van der Waals surface area contributed by atoms with Gasteiger partial charge in [0.15, 0.2) is 0 Å². The number of hydrogen-bond acceptors (Lipinski definition) is 3.